The first-order chi connectivity index (χ1) is 17.0. The Morgan fingerprint density at radius 1 is 0.914 bits per heavy atom. The third kappa shape index (κ3) is 4.33. The van der Waals surface area contributed by atoms with Crippen LogP contribution in [0.25, 0.3) is 22.1 Å². The molecule has 176 valence electrons. The zero-order valence-electron chi connectivity index (χ0n) is 19.1. The number of nitrogens with one attached hydrogen (secondary N) is 1. The molecule has 0 atom stereocenters. The summed E-state index contributed by atoms with van der Waals surface area (Å²) in [4.78, 5) is 39.7. The second-order valence-electron chi connectivity index (χ2n) is 8.11. The van der Waals surface area contributed by atoms with Gasteiger partial charge in [-0.1, -0.05) is 42.5 Å². The molecule has 2 heterocycles. The molecular formula is C27H23N3O5. The SMILES string of the molecule is COc1ccc(NC(=O)Cn2c(=O)n(CCc3ccccc3)c(=O)c3oc4ccccc4c32)cc1. The van der Waals surface area contributed by atoms with E-state index >= 15 is 0 Å². The Labute approximate surface area is 200 Å². The van der Waals surface area contributed by atoms with Crippen LogP contribution in [-0.4, -0.2) is 22.2 Å². The number of anilines is 1. The fourth-order valence-electron chi connectivity index (χ4n) is 4.14. The summed E-state index contributed by atoms with van der Waals surface area (Å²) < 4.78 is 13.5. The number of methoxy groups -OCH3 is 1. The molecule has 1 amide bonds. The lowest BCUT2D eigenvalue weighted by molar-refractivity contribution is -0.116. The molecule has 0 bridgehead atoms. The highest BCUT2D eigenvalue weighted by atomic mass is 16.5. The van der Waals surface area contributed by atoms with Gasteiger partial charge in [-0.3, -0.25) is 18.7 Å². The number of para-hydroxylation sites is 1. The molecule has 0 spiro atoms. The number of nitrogens with zero attached hydrogens (tertiary/aromatic N) is 2. The molecule has 3 aromatic carbocycles. The monoisotopic (exact) mass is 469 g/mol. The number of carbonyl (C=O) groups excluding carboxylic acids is 1. The second-order valence-corrected chi connectivity index (χ2v) is 8.11. The van der Waals surface area contributed by atoms with Crippen molar-refractivity contribution in [1.82, 2.24) is 9.13 Å². The maximum Gasteiger partial charge on any atom is 0.332 e. The number of furan rings is 1. The largest absolute Gasteiger partial charge is 0.497 e. The molecule has 0 saturated carbocycles. The van der Waals surface area contributed by atoms with Crippen LogP contribution in [-0.2, 0) is 24.3 Å². The average Bonchev–Trinajstić information content (AvgIpc) is 3.27. The zero-order chi connectivity index (χ0) is 24.4. The number of aromatic nitrogens is 2. The number of amides is 1. The first-order valence-electron chi connectivity index (χ1n) is 11.2. The summed E-state index contributed by atoms with van der Waals surface area (Å²) in [5.74, 6) is 0.258. The summed E-state index contributed by atoms with van der Waals surface area (Å²) in [6.07, 6.45) is 0.486. The molecule has 0 aliphatic heterocycles. The van der Waals surface area contributed by atoms with E-state index < -0.39 is 17.2 Å². The molecule has 35 heavy (non-hydrogen) atoms. The van der Waals surface area contributed by atoms with E-state index in [0.717, 1.165) is 10.1 Å². The second kappa shape index (κ2) is 9.34. The van der Waals surface area contributed by atoms with Crippen molar-refractivity contribution in [3.8, 4) is 5.75 Å². The third-order valence-electron chi connectivity index (χ3n) is 5.88. The molecule has 0 saturated heterocycles. The van der Waals surface area contributed by atoms with Crippen LogP contribution in [0.3, 0.4) is 0 Å². The number of aryl methyl sites for hydroxylation is 1. The molecule has 1 N–H and O–H groups in total. The topological polar surface area (TPSA) is 95.5 Å². The predicted octanol–water partition coefficient (Wildman–Crippen LogP) is 3.80. The van der Waals surface area contributed by atoms with Crippen LogP contribution in [0.1, 0.15) is 5.56 Å². The minimum atomic E-state index is -0.560. The number of hydrogen-bond donors (Lipinski definition) is 1. The third-order valence-corrected chi connectivity index (χ3v) is 5.88. The van der Waals surface area contributed by atoms with Crippen molar-refractivity contribution in [3.63, 3.8) is 0 Å². The van der Waals surface area contributed by atoms with E-state index in [0.29, 0.717) is 34.3 Å². The van der Waals surface area contributed by atoms with Crippen LogP contribution in [0.4, 0.5) is 5.69 Å². The number of fused-ring (bicyclic) bond motifs is 3. The van der Waals surface area contributed by atoms with Crippen molar-refractivity contribution in [2.24, 2.45) is 0 Å². The Hall–Kier alpha value is -4.59. The highest BCUT2D eigenvalue weighted by Gasteiger charge is 2.21. The Morgan fingerprint density at radius 3 is 2.37 bits per heavy atom. The zero-order valence-corrected chi connectivity index (χ0v) is 19.1. The molecular weight excluding hydrogens is 446 g/mol. The lowest BCUT2D eigenvalue weighted by atomic mass is 10.1. The molecule has 8 heteroatoms. The van der Waals surface area contributed by atoms with Crippen LogP contribution in [0, 0.1) is 0 Å². The number of rotatable bonds is 7. The molecule has 8 nitrogen and oxygen atoms in total. The molecule has 0 aliphatic carbocycles. The van der Waals surface area contributed by atoms with Crippen LogP contribution < -0.4 is 21.3 Å². The summed E-state index contributed by atoms with van der Waals surface area (Å²) >= 11 is 0. The fourth-order valence-corrected chi connectivity index (χ4v) is 4.14. The summed E-state index contributed by atoms with van der Waals surface area (Å²) in [7, 11) is 1.56. The molecule has 0 unspecified atom stereocenters. The van der Waals surface area contributed by atoms with E-state index in [9.17, 15) is 14.4 Å². The smallest absolute Gasteiger partial charge is 0.332 e. The van der Waals surface area contributed by atoms with E-state index in [2.05, 4.69) is 5.32 Å². The number of benzene rings is 3. The molecule has 5 aromatic rings. The van der Waals surface area contributed by atoms with Gasteiger partial charge in [0.1, 0.15) is 23.4 Å². The minimum absolute atomic E-state index is 0.0520. The van der Waals surface area contributed by atoms with Crippen LogP contribution >= 0.6 is 0 Å². The summed E-state index contributed by atoms with van der Waals surface area (Å²) in [6, 6.07) is 23.6. The Balaban J connectivity index is 1.56. The van der Waals surface area contributed by atoms with Gasteiger partial charge >= 0.3 is 5.69 Å². The van der Waals surface area contributed by atoms with Crippen molar-refractivity contribution in [3.05, 3.63) is 105 Å². The molecule has 5 rings (SSSR count). The summed E-state index contributed by atoms with van der Waals surface area (Å²) in [5, 5.41) is 3.39. The van der Waals surface area contributed by atoms with E-state index in [1.165, 1.54) is 4.57 Å². The number of ether oxygens (including phenoxy) is 1. The summed E-state index contributed by atoms with van der Waals surface area (Å²) in [5.41, 5.74) is 1.33. The fraction of sp³-hybridized carbons (Fsp3) is 0.148. The van der Waals surface area contributed by atoms with Crippen LogP contribution in [0.15, 0.2) is 92.9 Å². The van der Waals surface area contributed by atoms with Gasteiger partial charge in [-0.25, -0.2) is 4.79 Å². The van der Waals surface area contributed by atoms with Crippen molar-refractivity contribution in [2.45, 2.75) is 19.5 Å². The molecule has 0 radical (unpaired) electrons. The van der Waals surface area contributed by atoms with Gasteiger partial charge in [0.2, 0.25) is 11.5 Å². The first kappa shape index (κ1) is 22.2. The first-order valence-corrected chi connectivity index (χ1v) is 11.2. The number of carbonyl (C=O) groups is 1. The van der Waals surface area contributed by atoms with Crippen molar-refractivity contribution in [2.75, 3.05) is 12.4 Å². The van der Waals surface area contributed by atoms with Crippen molar-refractivity contribution >= 4 is 33.7 Å². The van der Waals surface area contributed by atoms with Gasteiger partial charge in [0.15, 0.2) is 0 Å². The van der Waals surface area contributed by atoms with Gasteiger partial charge < -0.3 is 14.5 Å². The van der Waals surface area contributed by atoms with Crippen molar-refractivity contribution < 1.29 is 13.9 Å². The lowest BCUT2D eigenvalue weighted by Crippen LogP contribution is -2.41. The van der Waals surface area contributed by atoms with E-state index in [4.69, 9.17) is 9.15 Å². The molecule has 2 aromatic heterocycles. The van der Waals surface area contributed by atoms with Gasteiger partial charge in [-0.15, -0.1) is 0 Å². The molecule has 0 fully saturated rings. The highest BCUT2D eigenvalue weighted by molar-refractivity contribution is 6.03. The Bertz CT molecular complexity index is 1630. The maximum atomic E-state index is 13.5. The van der Waals surface area contributed by atoms with Gasteiger partial charge in [0.25, 0.3) is 5.56 Å². The standard InChI is InChI=1S/C27H23N3O5/c1-34-20-13-11-19(12-14-20)28-23(31)17-30-24-21-9-5-6-10-22(21)35-25(24)26(32)29(27(30)33)16-15-18-7-3-2-4-8-18/h2-14H,15-17H2,1H3,(H,28,31). The van der Waals surface area contributed by atoms with Gasteiger partial charge in [0.05, 0.1) is 7.11 Å². The summed E-state index contributed by atoms with van der Waals surface area (Å²) in [6.45, 7) is -0.120. The maximum absolute atomic E-state index is 13.5. The van der Waals surface area contributed by atoms with Crippen LogP contribution in [0.5, 0.6) is 5.75 Å². The quantitative estimate of drug-likeness (QED) is 0.391. The van der Waals surface area contributed by atoms with E-state index in [-0.39, 0.29) is 18.7 Å². The Morgan fingerprint density at radius 2 is 1.63 bits per heavy atom. The number of hydrogen-bond acceptors (Lipinski definition) is 5. The average molecular weight is 469 g/mol. The minimum Gasteiger partial charge on any atom is -0.497 e. The highest BCUT2D eigenvalue weighted by Crippen LogP contribution is 2.25. The normalized spacial score (nSPS) is 11.1. The van der Waals surface area contributed by atoms with Gasteiger partial charge in [-0.2, -0.15) is 0 Å². The van der Waals surface area contributed by atoms with Crippen LogP contribution in [0.2, 0.25) is 0 Å². The lowest BCUT2D eigenvalue weighted by Gasteiger charge is -2.12. The molecule has 0 aliphatic rings. The van der Waals surface area contributed by atoms with E-state index in [1.54, 1.807) is 55.6 Å². The van der Waals surface area contributed by atoms with Gasteiger partial charge in [0, 0.05) is 17.6 Å². The van der Waals surface area contributed by atoms with Crippen molar-refractivity contribution in [1.29, 1.82) is 0 Å². The van der Waals surface area contributed by atoms with E-state index in [1.807, 2.05) is 30.3 Å². The Kier molecular flexibility index (Phi) is 5.93. The predicted molar refractivity (Wildman–Crippen MR) is 134 cm³/mol. The van der Waals surface area contributed by atoms with Gasteiger partial charge in [-0.05, 0) is 48.4 Å².